The molecular formula is C58H112O6. The fourth-order valence-electron chi connectivity index (χ4n) is 8.92. The number of carbonyl (C=O) groups excluding carboxylic acids is 3. The Hall–Kier alpha value is -1.59. The summed E-state index contributed by atoms with van der Waals surface area (Å²) in [6.07, 6.45) is 56.7. The van der Waals surface area contributed by atoms with Gasteiger partial charge in [-0.25, -0.2) is 0 Å². The van der Waals surface area contributed by atoms with E-state index in [9.17, 15) is 14.4 Å². The third kappa shape index (κ3) is 51.4. The smallest absolute Gasteiger partial charge is 0.306 e. The van der Waals surface area contributed by atoms with Gasteiger partial charge in [0.15, 0.2) is 6.10 Å². The van der Waals surface area contributed by atoms with E-state index in [-0.39, 0.29) is 31.1 Å². The molecule has 0 aliphatic carbocycles. The molecule has 64 heavy (non-hydrogen) atoms. The van der Waals surface area contributed by atoms with Gasteiger partial charge in [0, 0.05) is 19.3 Å². The molecule has 0 aromatic rings. The molecule has 0 fully saturated rings. The van der Waals surface area contributed by atoms with Crippen LogP contribution in [0.25, 0.3) is 0 Å². The Kier molecular flexibility index (Phi) is 51.1. The van der Waals surface area contributed by atoms with E-state index in [1.807, 2.05) is 0 Å². The van der Waals surface area contributed by atoms with Crippen LogP contribution in [0.2, 0.25) is 0 Å². The molecule has 0 heterocycles. The molecule has 0 unspecified atom stereocenters. The van der Waals surface area contributed by atoms with Crippen LogP contribution in [0, 0.1) is 5.92 Å². The predicted octanol–water partition coefficient (Wildman–Crippen LogP) is 19.0. The summed E-state index contributed by atoms with van der Waals surface area (Å²) in [4.78, 5) is 38.1. The second-order valence-electron chi connectivity index (χ2n) is 20.4. The van der Waals surface area contributed by atoms with Crippen molar-refractivity contribution in [3.05, 3.63) is 0 Å². The summed E-state index contributed by atoms with van der Waals surface area (Å²) >= 11 is 0. The van der Waals surface area contributed by atoms with Crippen molar-refractivity contribution in [2.24, 2.45) is 5.92 Å². The maximum absolute atomic E-state index is 12.8. The Balaban J connectivity index is 4.21. The summed E-state index contributed by atoms with van der Waals surface area (Å²) in [7, 11) is 0. The van der Waals surface area contributed by atoms with E-state index in [2.05, 4.69) is 27.7 Å². The summed E-state index contributed by atoms with van der Waals surface area (Å²) < 4.78 is 16.9. The first kappa shape index (κ1) is 62.4. The first-order chi connectivity index (χ1) is 31.4. The molecule has 0 aromatic carbocycles. The lowest BCUT2D eigenvalue weighted by Gasteiger charge is -2.18. The van der Waals surface area contributed by atoms with Crippen LogP contribution in [0.15, 0.2) is 0 Å². The van der Waals surface area contributed by atoms with Crippen molar-refractivity contribution >= 4 is 17.9 Å². The predicted molar refractivity (Wildman–Crippen MR) is 275 cm³/mol. The lowest BCUT2D eigenvalue weighted by atomic mass is 10.0. The Morgan fingerprint density at radius 2 is 0.516 bits per heavy atom. The number of hydrogen-bond acceptors (Lipinski definition) is 6. The van der Waals surface area contributed by atoms with Gasteiger partial charge < -0.3 is 14.2 Å². The van der Waals surface area contributed by atoms with Crippen LogP contribution in [0.4, 0.5) is 0 Å². The molecule has 0 amide bonds. The van der Waals surface area contributed by atoms with Crippen molar-refractivity contribution in [2.45, 2.75) is 336 Å². The van der Waals surface area contributed by atoms with E-state index in [1.165, 1.54) is 225 Å². The summed E-state index contributed by atoms with van der Waals surface area (Å²) in [6, 6.07) is 0. The van der Waals surface area contributed by atoms with Gasteiger partial charge in [-0.3, -0.25) is 14.4 Å². The van der Waals surface area contributed by atoms with Crippen molar-refractivity contribution in [2.75, 3.05) is 13.2 Å². The van der Waals surface area contributed by atoms with Crippen molar-refractivity contribution < 1.29 is 28.6 Å². The molecule has 0 radical (unpaired) electrons. The number of unbranched alkanes of at least 4 members (excludes halogenated alkanes) is 40. The van der Waals surface area contributed by atoms with Crippen molar-refractivity contribution in [3.8, 4) is 0 Å². The molecule has 0 N–H and O–H groups in total. The van der Waals surface area contributed by atoms with Gasteiger partial charge in [-0.2, -0.15) is 0 Å². The van der Waals surface area contributed by atoms with E-state index in [0.29, 0.717) is 19.3 Å². The highest BCUT2D eigenvalue weighted by atomic mass is 16.6. The zero-order valence-electron chi connectivity index (χ0n) is 43.8. The molecule has 0 bridgehead atoms. The number of rotatable bonds is 53. The van der Waals surface area contributed by atoms with Crippen LogP contribution < -0.4 is 0 Å². The largest absolute Gasteiger partial charge is 0.462 e. The van der Waals surface area contributed by atoms with Crippen LogP contribution in [0.1, 0.15) is 329 Å². The third-order valence-corrected chi connectivity index (χ3v) is 13.3. The van der Waals surface area contributed by atoms with E-state index < -0.39 is 6.10 Å². The highest BCUT2D eigenvalue weighted by molar-refractivity contribution is 5.71. The van der Waals surface area contributed by atoms with Crippen LogP contribution in [0.3, 0.4) is 0 Å². The van der Waals surface area contributed by atoms with Crippen LogP contribution >= 0.6 is 0 Å². The van der Waals surface area contributed by atoms with Crippen LogP contribution in [-0.4, -0.2) is 37.2 Å². The van der Waals surface area contributed by atoms with E-state index in [4.69, 9.17) is 14.2 Å². The van der Waals surface area contributed by atoms with Crippen molar-refractivity contribution in [1.29, 1.82) is 0 Å². The zero-order valence-corrected chi connectivity index (χ0v) is 43.8. The lowest BCUT2D eigenvalue weighted by molar-refractivity contribution is -0.167. The van der Waals surface area contributed by atoms with Gasteiger partial charge in [-0.1, -0.05) is 291 Å². The topological polar surface area (TPSA) is 78.9 Å². The highest BCUT2D eigenvalue weighted by Gasteiger charge is 2.19. The molecule has 6 nitrogen and oxygen atoms in total. The monoisotopic (exact) mass is 905 g/mol. The standard InChI is InChI=1S/C58H112O6/c1-5-7-9-11-13-15-17-25-30-33-37-41-45-49-56(59)62-52-55(64-58(61)51-47-43-39-35-29-18-16-14-12-10-8-6-2)53-63-57(60)50-46-42-38-34-31-27-24-22-20-19-21-23-26-28-32-36-40-44-48-54(3)4/h54-55H,5-53H2,1-4H3/t55-/m0/s1. The number of hydrogen-bond donors (Lipinski definition) is 0. The number of carbonyl (C=O) groups is 3. The second kappa shape index (κ2) is 52.4. The number of esters is 3. The summed E-state index contributed by atoms with van der Waals surface area (Å²) in [5.41, 5.74) is 0. The minimum atomic E-state index is -0.761. The molecule has 1 atom stereocenters. The average Bonchev–Trinajstić information content (AvgIpc) is 3.28. The molecular weight excluding hydrogens is 793 g/mol. The lowest BCUT2D eigenvalue weighted by Crippen LogP contribution is -2.30. The molecule has 0 saturated heterocycles. The molecule has 0 aliphatic rings. The van der Waals surface area contributed by atoms with Gasteiger partial charge in [0.05, 0.1) is 0 Å². The molecule has 6 heteroatoms. The summed E-state index contributed by atoms with van der Waals surface area (Å²) in [5, 5.41) is 0. The van der Waals surface area contributed by atoms with Crippen LogP contribution in [-0.2, 0) is 28.6 Å². The maximum atomic E-state index is 12.8. The van der Waals surface area contributed by atoms with Gasteiger partial charge in [0.25, 0.3) is 0 Å². The first-order valence-corrected chi connectivity index (χ1v) is 28.9. The van der Waals surface area contributed by atoms with Gasteiger partial charge in [-0.15, -0.1) is 0 Å². The zero-order chi connectivity index (χ0) is 46.7. The molecule has 0 spiro atoms. The van der Waals surface area contributed by atoms with Gasteiger partial charge in [-0.05, 0) is 25.2 Å². The highest BCUT2D eigenvalue weighted by Crippen LogP contribution is 2.18. The minimum absolute atomic E-state index is 0.0618. The normalized spacial score (nSPS) is 12.0. The Morgan fingerprint density at radius 3 is 0.766 bits per heavy atom. The fourth-order valence-corrected chi connectivity index (χ4v) is 8.92. The molecule has 0 aromatic heterocycles. The number of ether oxygens (including phenoxy) is 3. The van der Waals surface area contributed by atoms with E-state index in [0.717, 1.165) is 63.7 Å². The third-order valence-electron chi connectivity index (χ3n) is 13.3. The molecule has 0 aliphatic heterocycles. The van der Waals surface area contributed by atoms with E-state index in [1.54, 1.807) is 0 Å². The maximum Gasteiger partial charge on any atom is 0.306 e. The van der Waals surface area contributed by atoms with Gasteiger partial charge >= 0.3 is 17.9 Å². The van der Waals surface area contributed by atoms with Crippen LogP contribution in [0.5, 0.6) is 0 Å². The molecule has 0 saturated carbocycles. The summed E-state index contributed by atoms with van der Waals surface area (Å²) in [5.74, 6) is 0.0229. The Morgan fingerprint density at radius 1 is 0.297 bits per heavy atom. The molecule has 380 valence electrons. The SMILES string of the molecule is CCCCCCCCCCCCCCCC(=O)OC[C@@H](COC(=O)CCCCCCCCCCCCCCCCCCCCC(C)C)OC(=O)CCCCCCCCCCCCCC. The minimum Gasteiger partial charge on any atom is -0.462 e. The van der Waals surface area contributed by atoms with Crippen molar-refractivity contribution in [3.63, 3.8) is 0 Å². The molecule has 0 rings (SSSR count). The van der Waals surface area contributed by atoms with E-state index >= 15 is 0 Å². The Bertz CT molecular complexity index is 964. The quantitative estimate of drug-likeness (QED) is 0.0344. The second-order valence-corrected chi connectivity index (χ2v) is 20.4. The summed E-state index contributed by atoms with van der Waals surface area (Å²) in [6.45, 7) is 9.07. The van der Waals surface area contributed by atoms with Gasteiger partial charge in [0.2, 0.25) is 0 Å². The average molecular weight is 906 g/mol. The van der Waals surface area contributed by atoms with Gasteiger partial charge in [0.1, 0.15) is 13.2 Å². The Labute approximate surface area is 399 Å². The first-order valence-electron chi connectivity index (χ1n) is 28.9. The fraction of sp³-hybridized carbons (Fsp3) is 0.948. The van der Waals surface area contributed by atoms with Crippen molar-refractivity contribution in [1.82, 2.24) is 0 Å².